The standard InChI is InChI=1S/C12H12N2O2S/c1-7(15)11-13-12(16-14-11)10-6-8-4-2-3-5-9(8)17-10/h2-5,7,10,15H,6H2,1H3. The third-order valence-corrected chi connectivity index (χ3v) is 4.06. The number of aliphatic hydroxyl groups is 1. The van der Waals surface area contributed by atoms with E-state index in [2.05, 4.69) is 22.3 Å². The van der Waals surface area contributed by atoms with Crippen LogP contribution in [0.1, 0.15) is 35.6 Å². The van der Waals surface area contributed by atoms with Crippen LogP contribution in [0, 0.1) is 0 Å². The lowest BCUT2D eigenvalue weighted by Gasteiger charge is -2.00. The second-order valence-corrected chi connectivity index (χ2v) is 5.33. The van der Waals surface area contributed by atoms with Gasteiger partial charge in [0.05, 0.1) is 5.25 Å². The summed E-state index contributed by atoms with van der Waals surface area (Å²) in [5.41, 5.74) is 1.32. The lowest BCUT2D eigenvalue weighted by atomic mass is 10.1. The third-order valence-electron chi connectivity index (χ3n) is 2.75. The monoisotopic (exact) mass is 248 g/mol. The first kappa shape index (κ1) is 10.8. The maximum absolute atomic E-state index is 9.36. The number of benzene rings is 1. The maximum Gasteiger partial charge on any atom is 0.240 e. The highest BCUT2D eigenvalue weighted by atomic mass is 32.2. The van der Waals surface area contributed by atoms with Crippen LogP contribution < -0.4 is 0 Å². The van der Waals surface area contributed by atoms with Crippen LogP contribution in [0.4, 0.5) is 0 Å². The molecule has 0 spiro atoms. The zero-order valence-electron chi connectivity index (χ0n) is 9.33. The highest BCUT2D eigenvalue weighted by Gasteiger charge is 2.28. The van der Waals surface area contributed by atoms with E-state index in [0.717, 1.165) is 6.42 Å². The molecule has 0 saturated heterocycles. The Labute approximate surface area is 103 Å². The van der Waals surface area contributed by atoms with Gasteiger partial charge in [-0.2, -0.15) is 4.98 Å². The molecule has 1 aromatic carbocycles. The predicted octanol–water partition coefficient (Wildman–Crippen LogP) is 2.51. The van der Waals surface area contributed by atoms with Gasteiger partial charge in [0.2, 0.25) is 5.89 Å². The van der Waals surface area contributed by atoms with Gasteiger partial charge >= 0.3 is 0 Å². The summed E-state index contributed by atoms with van der Waals surface area (Å²) in [5.74, 6) is 0.957. The highest BCUT2D eigenvalue weighted by molar-refractivity contribution is 7.99. The number of hydrogen-bond donors (Lipinski definition) is 1. The molecule has 4 nitrogen and oxygen atoms in total. The molecule has 1 aromatic heterocycles. The molecular weight excluding hydrogens is 236 g/mol. The highest BCUT2D eigenvalue weighted by Crippen LogP contribution is 2.45. The molecule has 2 unspecified atom stereocenters. The lowest BCUT2D eigenvalue weighted by Crippen LogP contribution is -1.96. The molecule has 1 aliphatic rings. The number of aromatic nitrogens is 2. The predicted molar refractivity (Wildman–Crippen MR) is 63.7 cm³/mol. The first-order valence-corrected chi connectivity index (χ1v) is 6.38. The van der Waals surface area contributed by atoms with E-state index in [0.29, 0.717) is 11.7 Å². The Hall–Kier alpha value is -1.33. The summed E-state index contributed by atoms with van der Waals surface area (Å²) in [6.07, 6.45) is 0.226. The summed E-state index contributed by atoms with van der Waals surface area (Å²) >= 11 is 1.74. The van der Waals surface area contributed by atoms with Crippen molar-refractivity contribution in [2.24, 2.45) is 0 Å². The zero-order valence-corrected chi connectivity index (χ0v) is 10.1. The van der Waals surface area contributed by atoms with Gasteiger partial charge in [0.25, 0.3) is 0 Å². The molecule has 0 bridgehead atoms. The number of thioether (sulfide) groups is 1. The van der Waals surface area contributed by atoms with Crippen molar-refractivity contribution in [1.29, 1.82) is 0 Å². The van der Waals surface area contributed by atoms with E-state index < -0.39 is 6.10 Å². The molecule has 1 N–H and O–H groups in total. The molecule has 2 heterocycles. The Morgan fingerprint density at radius 1 is 1.47 bits per heavy atom. The Balaban J connectivity index is 1.84. The minimum atomic E-state index is -0.679. The van der Waals surface area contributed by atoms with Gasteiger partial charge in [-0.1, -0.05) is 23.4 Å². The molecule has 88 valence electrons. The van der Waals surface area contributed by atoms with E-state index in [1.165, 1.54) is 10.5 Å². The second-order valence-electron chi connectivity index (χ2n) is 4.09. The normalized spacial score (nSPS) is 20.2. The van der Waals surface area contributed by atoms with Gasteiger partial charge in [-0.25, -0.2) is 0 Å². The van der Waals surface area contributed by atoms with Crippen LogP contribution in [0.5, 0.6) is 0 Å². The summed E-state index contributed by atoms with van der Waals surface area (Å²) in [6, 6.07) is 8.29. The average Bonchev–Trinajstić information content (AvgIpc) is 2.95. The maximum atomic E-state index is 9.36. The van der Waals surface area contributed by atoms with E-state index in [4.69, 9.17) is 4.52 Å². The first-order chi connectivity index (χ1) is 8.24. The van der Waals surface area contributed by atoms with Gasteiger partial charge in [-0.05, 0) is 25.0 Å². The summed E-state index contributed by atoms with van der Waals surface area (Å²) in [5, 5.41) is 13.3. The number of rotatable bonds is 2. The molecule has 0 fully saturated rings. The van der Waals surface area contributed by atoms with E-state index in [1.54, 1.807) is 18.7 Å². The quantitative estimate of drug-likeness (QED) is 0.884. The summed E-state index contributed by atoms with van der Waals surface area (Å²) in [4.78, 5) is 5.50. The van der Waals surface area contributed by atoms with Crippen LogP contribution in [0.3, 0.4) is 0 Å². The smallest absolute Gasteiger partial charge is 0.240 e. The van der Waals surface area contributed by atoms with E-state index in [-0.39, 0.29) is 5.25 Å². The fourth-order valence-electron chi connectivity index (χ4n) is 1.87. The van der Waals surface area contributed by atoms with Gasteiger partial charge in [-0.3, -0.25) is 0 Å². The fourth-order valence-corrected chi connectivity index (χ4v) is 3.09. The molecule has 17 heavy (non-hydrogen) atoms. The third kappa shape index (κ3) is 1.96. The van der Waals surface area contributed by atoms with Crippen LogP contribution in [0.25, 0.3) is 0 Å². The van der Waals surface area contributed by atoms with Crippen LogP contribution in [0.15, 0.2) is 33.7 Å². The molecule has 1 aliphatic heterocycles. The second kappa shape index (κ2) is 4.16. The average molecular weight is 248 g/mol. The Morgan fingerprint density at radius 3 is 3.00 bits per heavy atom. The molecule has 3 rings (SSSR count). The van der Waals surface area contributed by atoms with Gasteiger partial charge in [0.15, 0.2) is 5.82 Å². The van der Waals surface area contributed by atoms with E-state index >= 15 is 0 Å². The Morgan fingerprint density at radius 2 is 2.29 bits per heavy atom. The summed E-state index contributed by atoms with van der Waals surface area (Å²) in [6.45, 7) is 1.63. The number of aliphatic hydroxyl groups excluding tert-OH is 1. The van der Waals surface area contributed by atoms with Crippen molar-refractivity contribution in [2.45, 2.75) is 29.6 Å². The van der Waals surface area contributed by atoms with Crippen molar-refractivity contribution >= 4 is 11.8 Å². The van der Waals surface area contributed by atoms with Gasteiger partial charge in [-0.15, -0.1) is 11.8 Å². The van der Waals surface area contributed by atoms with Crippen molar-refractivity contribution < 1.29 is 9.63 Å². The Kier molecular flexibility index (Phi) is 2.64. The van der Waals surface area contributed by atoms with Crippen molar-refractivity contribution in [3.63, 3.8) is 0 Å². The first-order valence-electron chi connectivity index (χ1n) is 5.50. The summed E-state index contributed by atoms with van der Waals surface area (Å²) < 4.78 is 5.20. The van der Waals surface area contributed by atoms with Crippen LogP contribution in [-0.2, 0) is 6.42 Å². The van der Waals surface area contributed by atoms with Crippen molar-refractivity contribution in [1.82, 2.24) is 10.1 Å². The molecule has 5 heteroatoms. The van der Waals surface area contributed by atoms with Crippen LogP contribution in [-0.4, -0.2) is 15.2 Å². The SMILES string of the molecule is CC(O)c1noc(C2Cc3ccccc3S2)n1. The summed E-state index contributed by atoms with van der Waals surface area (Å²) in [7, 11) is 0. The van der Waals surface area contributed by atoms with E-state index in [1.807, 2.05) is 12.1 Å². The molecular formula is C12H12N2O2S. The van der Waals surface area contributed by atoms with Gasteiger partial charge in [0, 0.05) is 4.90 Å². The van der Waals surface area contributed by atoms with Crippen LogP contribution in [0.2, 0.25) is 0 Å². The van der Waals surface area contributed by atoms with Crippen molar-refractivity contribution in [3.05, 3.63) is 41.5 Å². The lowest BCUT2D eigenvalue weighted by molar-refractivity contribution is 0.184. The zero-order chi connectivity index (χ0) is 11.8. The number of hydrogen-bond acceptors (Lipinski definition) is 5. The Bertz CT molecular complexity index is 514. The minimum Gasteiger partial charge on any atom is -0.385 e. The molecule has 0 aliphatic carbocycles. The molecule has 0 amide bonds. The molecule has 0 saturated carbocycles. The van der Waals surface area contributed by atoms with Gasteiger partial charge < -0.3 is 9.63 Å². The largest absolute Gasteiger partial charge is 0.385 e. The van der Waals surface area contributed by atoms with Crippen molar-refractivity contribution in [3.8, 4) is 0 Å². The fraction of sp³-hybridized carbons (Fsp3) is 0.333. The minimum absolute atomic E-state index is 0.174. The van der Waals surface area contributed by atoms with Gasteiger partial charge in [0.1, 0.15) is 6.10 Å². The topological polar surface area (TPSA) is 59.2 Å². The van der Waals surface area contributed by atoms with Crippen molar-refractivity contribution in [2.75, 3.05) is 0 Å². The number of fused-ring (bicyclic) bond motifs is 1. The molecule has 2 aromatic rings. The number of nitrogens with zero attached hydrogens (tertiary/aromatic N) is 2. The molecule has 0 radical (unpaired) electrons. The van der Waals surface area contributed by atoms with E-state index in [9.17, 15) is 5.11 Å². The van der Waals surface area contributed by atoms with Crippen LogP contribution >= 0.6 is 11.8 Å². The molecule has 2 atom stereocenters.